The first-order valence-corrected chi connectivity index (χ1v) is 9.94. The van der Waals surface area contributed by atoms with Crippen LogP contribution in [0.5, 0.6) is 0 Å². The van der Waals surface area contributed by atoms with Gasteiger partial charge >= 0.3 is 0 Å². The van der Waals surface area contributed by atoms with Gasteiger partial charge in [0.1, 0.15) is 6.04 Å². The molecule has 7 heteroatoms. The van der Waals surface area contributed by atoms with E-state index >= 15 is 0 Å². The highest BCUT2D eigenvalue weighted by molar-refractivity contribution is 5.78. The van der Waals surface area contributed by atoms with E-state index in [0.717, 1.165) is 25.1 Å². The predicted molar refractivity (Wildman–Crippen MR) is 108 cm³/mol. The van der Waals surface area contributed by atoms with E-state index in [1.54, 1.807) is 12.4 Å². The molecule has 0 bridgehead atoms. The Morgan fingerprint density at radius 1 is 1.14 bits per heavy atom. The second kappa shape index (κ2) is 8.96. The molecule has 1 atom stereocenters. The highest BCUT2D eigenvalue weighted by Gasteiger charge is 2.32. The van der Waals surface area contributed by atoms with E-state index < -0.39 is 0 Å². The summed E-state index contributed by atoms with van der Waals surface area (Å²) in [7, 11) is 0. The van der Waals surface area contributed by atoms with E-state index in [4.69, 9.17) is 4.52 Å². The third-order valence-electron chi connectivity index (χ3n) is 5.20. The second-order valence-corrected chi connectivity index (χ2v) is 7.38. The fourth-order valence-electron chi connectivity index (χ4n) is 3.74. The van der Waals surface area contributed by atoms with Crippen LogP contribution in [0.3, 0.4) is 0 Å². The molecule has 150 valence electrons. The maximum Gasteiger partial charge on any atom is 0.245 e. The molecule has 1 fully saturated rings. The Labute approximate surface area is 170 Å². The molecule has 1 amide bonds. The zero-order valence-electron chi connectivity index (χ0n) is 16.6. The Balaban J connectivity index is 1.54. The molecule has 3 aromatic rings. The quantitative estimate of drug-likeness (QED) is 0.666. The van der Waals surface area contributed by atoms with Crippen molar-refractivity contribution in [2.24, 2.45) is 0 Å². The van der Waals surface area contributed by atoms with Gasteiger partial charge in [-0.3, -0.25) is 14.7 Å². The van der Waals surface area contributed by atoms with Crippen molar-refractivity contribution in [2.45, 2.75) is 32.4 Å². The maximum absolute atomic E-state index is 13.0. The Morgan fingerprint density at radius 3 is 2.69 bits per heavy atom. The number of carbonyl (C=O) groups is 1. The van der Waals surface area contributed by atoms with Crippen LogP contribution >= 0.6 is 0 Å². The smallest absolute Gasteiger partial charge is 0.245 e. The van der Waals surface area contributed by atoms with Crippen molar-refractivity contribution < 1.29 is 9.32 Å². The van der Waals surface area contributed by atoms with Gasteiger partial charge in [0.05, 0.1) is 6.42 Å². The lowest BCUT2D eigenvalue weighted by atomic mass is 10.1. The fraction of sp³-hybridized carbons (Fsp3) is 0.364. The standard InChI is InChI=1S/C22H25N5O2/c1-17-24-22(29-25-17)20-16-27(21(28)13-19-9-5-10-23-14-19)12-6-11-26(20)15-18-7-3-2-4-8-18/h2-5,7-10,14,20H,6,11-13,15-16H2,1H3. The number of rotatable bonds is 5. The number of aromatic nitrogens is 3. The summed E-state index contributed by atoms with van der Waals surface area (Å²) in [5.74, 6) is 1.28. The summed E-state index contributed by atoms with van der Waals surface area (Å²) in [5.41, 5.74) is 2.15. The summed E-state index contributed by atoms with van der Waals surface area (Å²) < 4.78 is 5.52. The molecule has 4 rings (SSSR count). The molecule has 2 aromatic heterocycles. The van der Waals surface area contributed by atoms with Crippen LogP contribution in [0.15, 0.2) is 59.4 Å². The van der Waals surface area contributed by atoms with Crippen molar-refractivity contribution in [3.63, 3.8) is 0 Å². The van der Waals surface area contributed by atoms with Crippen LogP contribution in [-0.2, 0) is 17.8 Å². The SMILES string of the molecule is Cc1noc(C2CN(C(=O)Cc3cccnc3)CCCN2Cc2ccccc2)n1. The van der Waals surface area contributed by atoms with Gasteiger partial charge in [0.15, 0.2) is 5.82 Å². The van der Waals surface area contributed by atoms with Gasteiger partial charge in [-0.15, -0.1) is 0 Å². The van der Waals surface area contributed by atoms with Crippen LogP contribution in [0, 0.1) is 6.92 Å². The average molecular weight is 391 g/mol. The first kappa shape index (κ1) is 19.3. The van der Waals surface area contributed by atoms with Gasteiger partial charge in [-0.1, -0.05) is 41.6 Å². The van der Waals surface area contributed by atoms with E-state index in [9.17, 15) is 4.79 Å². The van der Waals surface area contributed by atoms with Crippen molar-refractivity contribution >= 4 is 5.91 Å². The van der Waals surface area contributed by atoms with Crippen LogP contribution in [0.2, 0.25) is 0 Å². The highest BCUT2D eigenvalue weighted by atomic mass is 16.5. The zero-order valence-corrected chi connectivity index (χ0v) is 16.6. The number of aryl methyl sites for hydroxylation is 1. The molecule has 1 aromatic carbocycles. The summed E-state index contributed by atoms with van der Waals surface area (Å²) >= 11 is 0. The molecule has 1 unspecified atom stereocenters. The molecule has 0 spiro atoms. The lowest BCUT2D eigenvalue weighted by Crippen LogP contribution is -2.38. The van der Waals surface area contributed by atoms with Crippen LogP contribution in [-0.4, -0.2) is 50.5 Å². The van der Waals surface area contributed by atoms with Crippen LogP contribution in [0.4, 0.5) is 0 Å². The molecule has 1 saturated heterocycles. The molecule has 3 heterocycles. The summed E-state index contributed by atoms with van der Waals surface area (Å²) in [6.45, 7) is 4.70. The lowest BCUT2D eigenvalue weighted by Gasteiger charge is -2.29. The van der Waals surface area contributed by atoms with E-state index in [0.29, 0.717) is 31.2 Å². The molecule has 29 heavy (non-hydrogen) atoms. The van der Waals surface area contributed by atoms with Crippen molar-refractivity contribution in [3.8, 4) is 0 Å². The minimum atomic E-state index is -0.128. The summed E-state index contributed by atoms with van der Waals surface area (Å²) in [6.07, 6.45) is 4.71. The number of pyridine rings is 1. The largest absolute Gasteiger partial charge is 0.340 e. The van der Waals surface area contributed by atoms with Gasteiger partial charge in [0, 0.05) is 38.6 Å². The third-order valence-corrected chi connectivity index (χ3v) is 5.20. The molecule has 0 N–H and O–H groups in total. The van der Waals surface area contributed by atoms with E-state index in [2.05, 4.69) is 32.2 Å². The van der Waals surface area contributed by atoms with Gasteiger partial charge < -0.3 is 9.42 Å². The Kier molecular flexibility index (Phi) is 5.95. The monoisotopic (exact) mass is 391 g/mol. The molecule has 0 saturated carbocycles. The Morgan fingerprint density at radius 2 is 1.97 bits per heavy atom. The van der Waals surface area contributed by atoms with Gasteiger partial charge in [-0.2, -0.15) is 4.98 Å². The van der Waals surface area contributed by atoms with Crippen LogP contribution in [0.1, 0.15) is 35.3 Å². The average Bonchev–Trinajstić information content (AvgIpc) is 3.06. The summed E-state index contributed by atoms with van der Waals surface area (Å²) in [5, 5.41) is 3.98. The molecule has 0 aliphatic carbocycles. The van der Waals surface area contributed by atoms with Crippen molar-refractivity contribution in [1.82, 2.24) is 24.9 Å². The number of carbonyl (C=O) groups excluding carboxylic acids is 1. The van der Waals surface area contributed by atoms with E-state index in [1.807, 2.05) is 42.2 Å². The normalized spacial score (nSPS) is 17.8. The first-order valence-electron chi connectivity index (χ1n) is 9.94. The number of hydrogen-bond donors (Lipinski definition) is 0. The van der Waals surface area contributed by atoms with Gasteiger partial charge in [0.2, 0.25) is 11.8 Å². The first-order chi connectivity index (χ1) is 14.2. The molecule has 7 nitrogen and oxygen atoms in total. The maximum atomic E-state index is 13.0. The van der Waals surface area contributed by atoms with Gasteiger partial charge in [0.25, 0.3) is 0 Å². The lowest BCUT2D eigenvalue weighted by molar-refractivity contribution is -0.130. The van der Waals surface area contributed by atoms with Crippen LogP contribution < -0.4 is 0 Å². The highest BCUT2D eigenvalue weighted by Crippen LogP contribution is 2.26. The predicted octanol–water partition coefficient (Wildman–Crippen LogP) is 2.79. The Bertz CT molecular complexity index is 929. The van der Waals surface area contributed by atoms with Crippen molar-refractivity contribution in [2.75, 3.05) is 19.6 Å². The summed E-state index contributed by atoms with van der Waals surface area (Å²) in [4.78, 5) is 25.8. The molecule has 0 radical (unpaired) electrons. The van der Waals surface area contributed by atoms with Gasteiger partial charge in [-0.25, -0.2) is 0 Å². The molecular weight excluding hydrogens is 366 g/mol. The Hall–Kier alpha value is -3.06. The molecular formula is C22H25N5O2. The van der Waals surface area contributed by atoms with Crippen LogP contribution in [0.25, 0.3) is 0 Å². The number of nitrogens with zero attached hydrogens (tertiary/aromatic N) is 5. The molecule has 1 aliphatic rings. The third kappa shape index (κ3) is 4.86. The van der Waals surface area contributed by atoms with E-state index in [-0.39, 0.29) is 11.9 Å². The van der Waals surface area contributed by atoms with E-state index in [1.165, 1.54) is 5.56 Å². The number of amides is 1. The molecule has 1 aliphatic heterocycles. The van der Waals surface area contributed by atoms with Crippen molar-refractivity contribution in [1.29, 1.82) is 0 Å². The summed E-state index contributed by atoms with van der Waals surface area (Å²) in [6, 6.07) is 14.0. The second-order valence-electron chi connectivity index (χ2n) is 7.38. The van der Waals surface area contributed by atoms with Crippen molar-refractivity contribution in [3.05, 3.63) is 77.7 Å². The topological polar surface area (TPSA) is 75.4 Å². The fourth-order valence-corrected chi connectivity index (χ4v) is 3.74. The number of hydrogen-bond acceptors (Lipinski definition) is 6. The minimum absolute atomic E-state index is 0.0980. The zero-order chi connectivity index (χ0) is 20.1. The van der Waals surface area contributed by atoms with Gasteiger partial charge in [-0.05, 0) is 30.5 Å². The minimum Gasteiger partial charge on any atom is -0.340 e. The number of benzene rings is 1.